The van der Waals surface area contributed by atoms with Crippen LogP contribution < -0.4 is 0 Å². The smallest absolute Gasteiger partial charge is 0.161 e. The van der Waals surface area contributed by atoms with E-state index in [0.717, 1.165) is 10.4 Å². The van der Waals surface area contributed by atoms with E-state index in [9.17, 15) is 0 Å². The van der Waals surface area contributed by atoms with Gasteiger partial charge >= 0.3 is 0 Å². The summed E-state index contributed by atoms with van der Waals surface area (Å²) in [6.45, 7) is 5.16. The topological polar surface area (TPSA) is 18.5 Å². The molecule has 0 saturated heterocycles. The van der Waals surface area contributed by atoms with Crippen molar-refractivity contribution in [3.63, 3.8) is 0 Å². The molecular formula is C12H17ClO2S. The highest BCUT2D eigenvalue weighted by molar-refractivity contribution is 7.81. The van der Waals surface area contributed by atoms with Gasteiger partial charge in [-0.3, -0.25) is 0 Å². The third kappa shape index (κ3) is 3.98. The van der Waals surface area contributed by atoms with Crippen molar-refractivity contribution in [2.45, 2.75) is 31.9 Å². The maximum atomic E-state index is 6.05. The number of rotatable bonds is 6. The van der Waals surface area contributed by atoms with Crippen LogP contribution >= 0.6 is 23.8 Å². The highest BCUT2D eigenvalue weighted by Gasteiger charge is 2.19. The second-order valence-corrected chi connectivity index (χ2v) is 4.30. The molecule has 2 nitrogen and oxygen atoms in total. The molecular weight excluding hydrogens is 244 g/mol. The Morgan fingerprint density at radius 2 is 2.00 bits per heavy atom. The first kappa shape index (κ1) is 13.8. The molecule has 0 aromatic heterocycles. The summed E-state index contributed by atoms with van der Waals surface area (Å²) in [7, 11) is 0. The van der Waals surface area contributed by atoms with Crippen LogP contribution in [0.3, 0.4) is 0 Å². The van der Waals surface area contributed by atoms with E-state index < -0.39 is 0 Å². The summed E-state index contributed by atoms with van der Waals surface area (Å²) in [5.74, 6) is 0. The quantitative estimate of drug-likeness (QED) is 0.415. The van der Waals surface area contributed by atoms with Gasteiger partial charge in [-0.15, -0.1) is 11.6 Å². The SMILES string of the molecule is CCOC(CC1=CC=CC(Cl)C1=S)OCC. The maximum Gasteiger partial charge on any atom is 0.161 e. The molecule has 0 aromatic rings. The molecule has 0 heterocycles. The van der Waals surface area contributed by atoms with E-state index in [0.29, 0.717) is 19.6 Å². The Morgan fingerprint density at radius 1 is 1.38 bits per heavy atom. The summed E-state index contributed by atoms with van der Waals surface area (Å²) >= 11 is 11.3. The summed E-state index contributed by atoms with van der Waals surface area (Å²) < 4.78 is 11.0. The van der Waals surface area contributed by atoms with E-state index in [4.69, 9.17) is 33.3 Å². The van der Waals surface area contributed by atoms with Crippen LogP contribution in [0.5, 0.6) is 0 Å². The fraction of sp³-hybridized carbons (Fsp3) is 0.583. The van der Waals surface area contributed by atoms with Gasteiger partial charge in [0.15, 0.2) is 6.29 Å². The molecule has 1 aliphatic rings. The number of alkyl halides is 1. The second kappa shape index (κ2) is 7.17. The number of thiocarbonyl (C=S) groups is 1. The Labute approximate surface area is 107 Å². The van der Waals surface area contributed by atoms with Gasteiger partial charge in [0.2, 0.25) is 0 Å². The van der Waals surface area contributed by atoms with E-state index in [1.54, 1.807) is 0 Å². The Hall–Kier alpha value is -0.220. The van der Waals surface area contributed by atoms with Gasteiger partial charge in [-0.1, -0.05) is 30.4 Å². The van der Waals surface area contributed by atoms with Crippen LogP contribution in [0.4, 0.5) is 0 Å². The maximum absolute atomic E-state index is 6.05. The Morgan fingerprint density at radius 3 is 2.56 bits per heavy atom. The molecule has 16 heavy (non-hydrogen) atoms. The van der Waals surface area contributed by atoms with Gasteiger partial charge in [0.05, 0.1) is 5.38 Å². The van der Waals surface area contributed by atoms with Gasteiger partial charge < -0.3 is 9.47 Å². The largest absolute Gasteiger partial charge is 0.353 e. The van der Waals surface area contributed by atoms with Crippen LogP contribution in [0.15, 0.2) is 23.8 Å². The molecule has 1 rings (SSSR count). The van der Waals surface area contributed by atoms with Crippen LogP contribution in [0.2, 0.25) is 0 Å². The van der Waals surface area contributed by atoms with E-state index in [-0.39, 0.29) is 11.7 Å². The van der Waals surface area contributed by atoms with E-state index in [1.807, 2.05) is 32.1 Å². The molecule has 0 bridgehead atoms. The van der Waals surface area contributed by atoms with Crippen molar-refractivity contribution < 1.29 is 9.47 Å². The highest BCUT2D eigenvalue weighted by Crippen LogP contribution is 2.21. The van der Waals surface area contributed by atoms with Gasteiger partial charge in [-0.05, 0) is 19.4 Å². The standard InChI is InChI=1S/C12H17ClO2S/c1-3-14-11(15-4-2)8-9-6-5-7-10(13)12(9)16/h5-7,10-11H,3-4,8H2,1-2H3. The van der Waals surface area contributed by atoms with Gasteiger partial charge in [-0.2, -0.15) is 0 Å². The van der Waals surface area contributed by atoms with Crippen molar-refractivity contribution >= 4 is 28.7 Å². The fourth-order valence-corrected chi connectivity index (χ4v) is 1.96. The van der Waals surface area contributed by atoms with Gasteiger partial charge in [-0.25, -0.2) is 0 Å². The van der Waals surface area contributed by atoms with Crippen LogP contribution in [0.25, 0.3) is 0 Å². The molecule has 4 heteroatoms. The third-order valence-corrected chi connectivity index (χ3v) is 3.25. The van der Waals surface area contributed by atoms with Crippen molar-refractivity contribution in [3.05, 3.63) is 23.8 Å². The molecule has 0 saturated carbocycles. The van der Waals surface area contributed by atoms with Crippen molar-refractivity contribution in [2.75, 3.05) is 13.2 Å². The Balaban J connectivity index is 2.59. The minimum Gasteiger partial charge on any atom is -0.353 e. The molecule has 0 aliphatic heterocycles. The Kier molecular flexibility index (Phi) is 6.21. The predicted octanol–water partition coefficient (Wildman–Crippen LogP) is 3.25. The number of halogens is 1. The minimum absolute atomic E-state index is 0.182. The lowest BCUT2D eigenvalue weighted by atomic mass is 10.0. The van der Waals surface area contributed by atoms with Crippen molar-refractivity contribution in [3.8, 4) is 0 Å². The van der Waals surface area contributed by atoms with Crippen molar-refractivity contribution in [1.29, 1.82) is 0 Å². The zero-order valence-electron chi connectivity index (χ0n) is 9.61. The lowest BCUT2D eigenvalue weighted by Gasteiger charge is -2.21. The zero-order valence-corrected chi connectivity index (χ0v) is 11.2. The number of hydrogen-bond acceptors (Lipinski definition) is 3. The molecule has 0 N–H and O–H groups in total. The molecule has 90 valence electrons. The van der Waals surface area contributed by atoms with Crippen molar-refractivity contribution in [2.24, 2.45) is 0 Å². The van der Waals surface area contributed by atoms with Gasteiger partial charge in [0.25, 0.3) is 0 Å². The molecule has 0 fully saturated rings. The first-order valence-electron chi connectivity index (χ1n) is 5.47. The van der Waals surface area contributed by atoms with Gasteiger partial charge in [0, 0.05) is 24.5 Å². The number of hydrogen-bond donors (Lipinski definition) is 0. The van der Waals surface area contributed by atoms with E-state index >= 15 is 0 Å². The third-order valence-electron chi connectivity index (χ3n) is 2.24. The fourth-order valence-electron chi connectivity index (χ4n) is 1.50. The number of allylic oxidation sites excluding steroid dienone is 3. The lowest BCUT2D eigenvalue weighted by molar-refractivity contribution is -0.133. The van der Waals surface area contributed by atoms with Crippen LogP contribution in [0.1, 0.15) is 20.3 Å². The lowest BCUT2D eigenvalue weighted by Crippen LogP contribution is -2.23. The molecule has 0 radical (unpaired) electrons. The molecule has 1 unspecified atom stereocenters. The number of ether oxygens (including phenoxy) is 2. The summed E-state index contributed by atoms with van der Waals surface area (Å²) in [6, 6.07) is 0. The second-order valence-electron chi connectivity index (χ2n) is 3.39. The average molecular weight is 261 g/mol. The summed E-state index contributed by atoms with van der Waals surface area (Å²) in [4.78, 5) is 0.772. The van der Waals surface area contributed by atoms with E-state index in [1.165, 1.54) is 0 Å². The molecule has 1 aliphatic carbocycles. The van der Waals surface area contributed by atoms with Crippen LogP contribution in [0, 0.1) is 0 Å². The summed E-state index contributed by atoms with van der Waals surface area (Å²) in [5.41, 5.74) is 1.03. The van der Waals surface area contributed by atoms with Crippen molar-refractivity contribution in [1.82, 2.24) is 0 Å². The zero-order chi connectivity index (χ0) is 12.0. The van der Waals surface area contributed by atoms with Crippen LogP contribution in [-0.2, 0) is 9.47 Å². The summed E-state index contributed by atoms with van der Waals surface area (Å²) in [5, 5.41) is -0.182. The monoisotopic (exact) mass is 260 g/mol. The molecule has 0 aromatic carbocycles. The first-order chi connectivity index (χ1) is 7.69. The summed E-state index contributed by atoms with van der Waals surface area (Å²) in [6.07, 6.45) is 6.22. The molecule has 1 atom stereocenters. The predicted molar refractivity (Wildman–Crippen MR) is 71.1 cm³/mol. The molecule has 0 amide bonds. The normalized spacial score (nSPS) is 20.4. The van der Waals surface area contributed by atoms with Gasteiger partial charge in [0.1, 0.15) is 0 Å². The average Bonchev–Trinajstić information content (AvgIpc) is 2.25. The minimum atomic E-state index is -0.227. The highest BCUT2D eigenvalue weighted by atomic mass is 35.5. The van der Waals surface area contributed by atoms with Crippen LogP contribution in [-0.4, -0.2) is 29.7 Å². The first-order valence-corrected chi connectivity index (χ1v) is 6.32. The molecule has 0 spiro atoms. The van der Waals surface area contributed by atoms with E-state index in [2.05, 4.69) is 0 Å². The Bertz CT molecular complexity index is 293.